The number of methoxy groups -OCH3 is 2. The van der Waals surface area contributed by atoms with Crippen LogP contribution in [0.2, 0.25) is 0 Å². The lowest BCUT2D eigenvalue weighted by atomic mass is 10.1. The normalized spacial score (nSPS) is 13.7. The number of rotatable bonds is 6. The molecule has 158 valence electrons. The van der Waals surface area contributed by atoms with E-state index in [9.17, 15) is 9.59 Å². The minimum absolute atomic E-state index is 0.237. The van der Waals surface area contributed by atoms with Crippen molar-refractivity contribution in [1.82, 2.24) is 0 Å². The first-order valence-electron chi connectivity index (χ1n) is 9.68. The topological polar surface area (TPSA) is 67.9 Å². The number of nitrogens with one attached hydrogen (secondary N) is 1. The molecule has 1 N–H and O–H groups in total. The molecule has 4 rings (SSSR count). The lowest BCUT2D eigenvalue weighted by molar-refractivity contribution is -0.120. The second kappa shape index (κ2) is 8.28. The number of aryl methyl sites for hydroxylation is 2. The van der Waals surface area contributed by atoms with Crippen molar-refractivity contribution in [2.45, 2.75) is 13.8 Å². The van der Waals surface area contributed by atoms with Gasteiger partial charge in [-0.25, -0.2) is 4.90 Å². The number of carbonyl (C=O) groups is 2. The van der Waals surface area contributed by atoms with E-state index in [4.69, 9.17) is 9.47 Å². The number of anilines is 2. The Balaban J connectivity index is 1.83. The molecule has 2 amide bonds. The Morgan fingerprint density at radius 3 is 2.35 bits per heavy atom. The van der Waals surface area contributed by atoms with Crippen LogP contribution in [0.4, 0.5) is 11.4 Å². The number of ether oxygens (including phenoxy) is 2. The SMILES string of the molecule is COc1ccc(OC)c(N2C(=O)C(Nc3ccc(C)c(C)c3)=C(c3cccs3)C2=O)c1. The van der Waals surface area contributed by atoms with Crippen molar-refractivity contribution >= 4 is 40.1 Å². The Morgan fingerprint density at radius 1 is 0.903 bits per heavy atom. The summed E-state index contributed by atoms with van der Waals surface area (Å²) in [5.41, 5.74) is 3.89. The summed E-state index contributed by atoms with van der Waals surface area (Å²) in [7, 11) is 3.03. The number of thiophene rings is 1. The summed E-state index contributed by atoms with van der Waals surface area (Å²) in [5.74, 6) is 0.0635. The Morgan fingerprint density at radius 2 is 1.71 bits per heavy atom. The molecular weight excluding hydrogens is 412 g/mol. The van der Waals surface area contributed by atoms with Crippen LogP contribution in [0.3, 0.4) is 0 Å². The number of hydrogen-bond donors (Lipinski definition) is 1. The molecule has 0 saturated carbocycles. The maximum atomic E-state index is 13.5. The number of hydrogen-bond acceptors (Lipinski definition) is 6. The van der Waals surface area contributed by atoms with Gasteiger partial charge in [0.1, 0.15) is 17.2 Å². The molecule has 0 unspecified atom stereocenters. The molecule has 6 nitrogen and oxygen atoms in total. The van der Waals surface area contributed by atoms with Crippen LogP contribution < -0.4 is 19.7 Å². The van der Waals surface area contributed by atoms with Gasteiger partial charge < -0.3 is 14.8 Å². The van der Waals surface area contributed by atoms with Gasteiger partial charge in [0, 0.05) is 16.6 Å². The van der Waals surface area contributed by atoms with Crippen LogP contribution >= 0.6 is 11.3 Å². The van der Waals surface area contributed by atoms with E-state index in [-0.39, 0.29) is 5.70 Å². The Labute approximate surface area is 184 Å². The largest absolute Gasteiger partial charge is 0.497 e. The van der Waals surface area contributed by atoms with E-state index in [1.807, 2.05) is 49.6 Å². The van der Waals surface area contributed by atoms with E-state index in [1.165, 1.54) is 25.6 Å². The van der Waals surface area contributed by atoms with Gasteiger partial charge in [0.15, 0.2) is 0 Å². The van der Waals surface area contributed by atoms with Crippen molar-refractivity contribution in [2.24, 2.45) is 0 Å². The van der Waals surface area contributed by atoms with Crippen molar-refractivity contribution < 1.29 is 19.1 Å². The highest BCUT2D eigenvalue weighted by Gasteiger charge is 2.42. The van der Waals surface area contributed by atoms with E-state index in [1.54, 1.807) is 18.2 Å². The summed E-state index contributed by atoms with van der Waals surface area (Å²) in [6.07, 6.45) is 0. The second-order valence-electron chi connectivity index (χ2n) is 7.13. The standard InChI is InChI=1S/C24H22N2O4S/c1-14-7-8-16(12-15(14)2)25-22-21(20-6-5-11-31-20)23(27)26(24(22)28)18-13-17(29-3)9-10-19(18)30-4/h5-13,25H,1-4H3. The fourth-order valence-electron chi connectivity index (χ4n) is 3.45. The molecule has 2 aromatic carbocycles. The minimum Gasteiger partial charge on any atom is -0.497 e. The highest BCUT2D eigenvalue weighted by atomic mass is 32.1. The lowest BCUT2D eigenvalue weighted by Gasteiger charge is -2.19. The zero-order chi connectivity index (χ0) is 22.1. The first kappa shape index (κ1) is 20.7. The summed E-state index contributed by atoms with van der Waals surface area (Å²) in [5, 5.41) is 5.07. The maximum absolute atomic E-state index is 13.5. The smallest absolute Gasteiger partial charge is 0.282 e. The number of carbonyl (C=O) groups excluding carboxylic acids is 2. The molecule has 1 aliphatic rings. The second-order valence-corrected chi connectivity index (χ2v) is 8.08. The molecule has 1 aromatic heterocycles. The monoisotopic (exact) mass is 434 g/mol. The van der Waals surface area contributed by atoms with Gasteiger partial charge >= 0.3 is 0 Å². The van der Waals surface area contributed by atoms with Gasteiger partial charge in [-0.1, -0.05) is 12.1 Å². The van der Waals surface area contributed by atoms with Crippen molar-refractivity contribution in [3.05, 3.63) is 75.6 Å². The zero-order valence-corrected chi connectivity index (χ0v) is 18.5. The highest BCUT2D eigenvalue weighted by Crippen LogP contribution is 2.40. The van der Waals surface area contributed by atoms with Gasteiger partial charge in [0.25, 0.3) is 11.8 Å². The van der Waals surface area contributed by atoms with Gasteiger partial charge in [0.2, 0.25) is 0 Å². The first-order chi connectivity index (χ1) is 14.9. The molecule has 0 bridgehead atoms. The summed E-state index contributed by atoms with van der Waals surface area (Å²) in [6, 6.07) is 14.5. The van der Waals surface area contributed by atoms with Gasteiger partial charge in [-0.3, -0.25) is 9.59 Å². The molecule has 7 heteroatoms. The highest BCUT2D eigenvalue weighted by molar-refractivity contribution is 7.11. The quantitative estimate of drug-likeness (QED) is 0.566. The third-order valence-corrected chi connectivity index (χ3v) is 6.14. The third-order valence-electron chi connectivity index (χ3n) is 5.25. The maximum Gasteiger partial charge on any atom is 0.282 e. The molecule has 31 heavy (non-hydrogen) atoms. The summed E-state index contributed by atoms with van der Waals surface area (Å²) in [6.45, 7) is 4.03. The minimum atomic E-state index is -0.446. The van der Waals surface area contributed by atoms with Crippen LogP contribution in [0.15, 0.2) is 59.6 Å². The van der Waals surface area contributed by atoms with Crippen LogP contribution in [0.25, 0.3) is 5.57 Å². The molecule has 0 aliphatic carbocycles. The summed E-state index contributed by atoms with van der Waals surface area (Å²) in [4.78, 5) is 28.9. The zero-order valence-electron chi connectivity index (χ0n) is 17.7. The van der Waals surface area contributed by atoms with Crippen molar-refractivity contribution in [2.75, 3.05) is 24.4 Å². The van der Waals surface area contributed by atoms with E-state index >= 15 is 0 Å². The van der Waals surface area contributed by atoms with Gasteiger partial charge in [-0.15, -0.1) is 11.3 Å². The predicted molar refractivity (Wildman–Crippen MR) is 123 cm³/mol. The predicted octanol–water partition coefficient (Wildman–Crippen LogP) is 4.78. The number of nitrogens with zero attached hydrogens (tertiary/aromatic N) is 1. The molecule has 3 aromatic rings. The molecular formula is C24H22N2O4S. The third kappa shape index (κ3) is 3.68. The molecule has 0 atom stereocenters. The average molecular weight is 435 g/mol. The Hall–Kier alpha value is -3.58. The van der Waals surface area contributed by atoms with Crippen molar-refractivity contribution in [3.63, 3.8) is 0 Å². The molecule has 0 saturated heterocycles. The molecule has 0 radical (unpaired) electrons. The average Bonchev–Trinajstić information content (AvgIpc) is 3.37. The number of benzene rings is 2. The molecule has 0 spiro atoms. The number of amides is 2. The van der Waals surface area contributed by atoms with Gasteiger partial charge in [0.05, 0.1) is 25.5 Å². The van der Waals surface area contributed by atoms with Gasteiger partial charge in [-0.2, -0.15) is 0 Å². The van der Waals surface area contributed by atoms with Crippen LogP contribution in [0.5, 0.6) is 11.5 Å². The summed E-state index contributed by atoms with van der Waals surface area (Å²) < 4.78 is 10.7. The molecule has 2 heterocycles. The lowest BCUT2D eigenvalue weighted by Crippen LogP contribution is -2.32. The fourth-order valence-corrected chi connectivity index (χ4v) is 4.22. The van der Waals surface area contributed by atoms with E-state index in [2.05, 4.69) is 5.32 Å². The molecule has 0 fully saturated rings. The first-order valence-corrected chi connectivity index (χ1v) is 10.6. The van der Waals surface area contributed by atoms with E-state index in [0.29, 0.717) is 27.6 Å². The van der Waals surface area contributed by atoms with Crippen molar-refractivity contribution in [1.29, 1.82) is 0 Å². The van der Waals surface area contributed by atoms with Crippen molar-refractivity contribution in [3.8, 4) is 11.5 Å². The Bertz CT molecular complexity index is 1200. The summed E-state index contributed by atoms with van der Waals surface area (Å²) >= 11 is 1.41. The van der Waals surface area contributed by atoms with Gasteiger partial charge in [-0.05, 0) is 60.7 Å². The number of imide groups is 1. The van der Waals surface area contributed by atoms with E-state index in [0.717, 1.165) is 21.7 Å². The van der Waals surface area contributed by atoms with Crippen LogP contribution in [-0.2, 0) is 9.59 Å². The van der Waals surface area contributed by atoms with Crippen LogP contribution in [0.1, 0.15) is 16.0 Å². The molecule has 1 aliphatic heterocycles. The van der Waals surface area contributed by atoms with E-state index < -0.39 is 11.8 Å². The Kier molecular flexibility index (Phi) is 5.52. The fraction of sp³-hybridized carbons (Fsp3) is 0.167. The van der Waals surface area contributed by atoms with Crippen LogP contribution in [-0.4, -0.2) is 26.0 Å². The van der Waals surface area contributed by atoms with Crippen LogP contribution in [0, 0.1) is 13.8 Å².